The lowest BCUT2D eigenvalue weighted by Gasteiger charge is -2.29. The molecular weight excluding hydrogens is 382 g/mol. The molecule has 1 aromatic carbocycles. The van der Waals surface area contributed by atoms with Gasteiger partial charge in [-0.1, -0.05) is 19.8 Å². The minimum atomic E-state index is -0.495. The van der Waals surface area contributed by atoms with Crippen LogP contribution in [-0.2, 0) is 4.79 Å². The van der Waals surface area contributed by atoms with Gasteiger partial charge in [-0.3, -0.25) is 4.79 Å². The third-order valence-corrected chi connectivity index (χ3v) is 5.20. The molecule has 3 rings (SSSR count). The minimum absolute atomic E-state index is 0.136. The van der Waals surface area contributed by atoms with E-state index in [1.807, 2.05) is 39.1 Å². The molecule has 0 atom stereocenters. The molecule has 0 unspecified atom stereocenters. The molecule has 2 heterocycles. The normalized spacial score (nSPS) is 14.3. The Balaban J connectivity index is 1.69. The first-order valence-electron chi connectivity index (χ1n) is 10.7. The van der Waals surface area contributed by atoms with E-state index in [1.54, 1.807) is 11.0 Å². The molecule has 0 radical (unpaired) electrons. The average Bonchev–Trinajstić information content (AvgIpc) is 2.70. The van der Waals surface area contributed by atoms with E-state index >= 15 is 0 Å². The van der Waals surface area contributed by atoms with Gasteiger partial charge in [0.15, 0.2) is 11.5 Å². The van der Waals surface area contributed by atoms with Gasteiger partial charge in [-0.15, -0.1) is 0 Å². The first-order valence-corrected chi connectivity index (χ1v) is 10.7. The van der Waals surface area contributed by atoms with Crippen molar-refractivity contribution in [3.05, 3.63) is 40.3 Å². The van der Waals surface area contributed by atoms with Gasteiger partial charge in [0.25, 0.3) is 0 Å². The first kappa shape index (κ1) is 21.9. The van der Waals surface area contributed by atoms with Gasteiger partial charge < -0.3 is 18.8 Å². The largest absolute Gasteiger partial charge is 0.490 e. The summed E-state index contributed by atoms with van der Waals surface area (Å²) in [6.07, 6.45) is 8.22. The maximum atomic E-state index is 12.3. The van der Waals surface area contributed by atoms with Gasteiger partial charge in [0, 0.05) is 31.5 Å². The number of carbonyl (C=O) groups excluding carboxylic acids is 1. The van der Waals surface area contributed by atoms with Crippen LogP contribution >= 0.6 is 0 Å². The summed E-state index contributed by atoms with van der Waals surface area (Å²) < 4.78 is 17.6. The molecular formula is C24H31NO5. The zero-order chi connectivity index (χ0) is 21.7. The summed E-state index contributed by atoms with van der Waals surface area (Å²) >= 11 is 0. The number of fused-ring (bicyclic) bond motifs is 3. The van der Waals surface area contributed by atoms with Gasteiger partial charge in [0.1, 0.15) is 11.2 Å². The van der Waals surface area contributed by atoms with Crippen molar-refractivity contribution in [2.75, 3.05) is 20.2 Å². The van der Waals surface area contributed by atoms with E-state index in [4.69, 9.17) is 13.9 Å². The summed E-state index contributed by atoms with van der Waals surface area (Å²) in [6.45, 7) is 7.26. The third kappa shape index (κ3) is 5.23. The fraction of sp³-hybridized carbons (Fsp3) is 0.500. The molecule has 0 saturated heterocycles. The predicted molar refractivity (Wildman–Crippen MR) is 118 cm³/mol. The molecule has 1 aromatic heterocycles. The second-order valence-corrected chi connectivity index (χ2v) is 8.30. The van der Waals surface area contributed by atoms with Crippen molar-refractivity contribution in [2.24, 2.45) is 0 Å². The Morgan fingerprint density at radius 1 is 1.20 bits per heavy atom. The molecule has 0 aliphatic carbocycles. The number of amides is 1. The lowest BCUT2D eigenvalue weighted by Crippen LogP contribution is -2.28. The van der Waals surface area contributed by atoms with Crippen molar-refractivity contribution < 1.29 is 18.7 Å². The summed E-state index contributed by atoms with van der Waals surface area (Å²) in [7, 11) is 1.86. The van der Waals surface area contributed by atoms with E-state index in [9.17, 15) is 9.59 Å². The quantitative estimate of drug-likeness (QED) is 0.437. The molecule has 0 spiro atoms. The third-order valence-electron chi connectivity index (χ3n) is 5.20. The molecule has 1 amide bonds. The van der Waals surface area contributed by atoms with Crippen LogP contribution in [0.2, 0.25) is 0 Å². The van der Waals surface area contributed by atoms with Crippen molar-refractivity contribution in [1.29, 1.82) is 0 Å². The zero-order valence-electron chi connectivity index (χ0n) is 18.3. The number of nitrogens with zero attached hydrogens (tertiary/aromatic N) is 1. The highest BCUT2D eigenvalue weighted by atomic mass is 16.5. The lowest BCUT2D eigenvalue weighted by molar-refractivity contribution is -0.130. The second-order valence-electron chi connectivity index (χ2n) is 8.30. The number of unbranched alkanes of at least 4 members (excludes halogenated alkanes) is 2. The SMILES string of the molecule is CCCCCN(C)C(=O)CCCOc1cc2ccc(=O)oc2c2c1OC(C)(C)C=C2. The topological polar surface area (TPSA) is 69.0 Å². The summed E-state index contributed by atoms with van der Waals surface area (Å²) in [4.78, 5) is 25.8. The van der Waals surface area contributed by atoms with Crippen molar-refractivity contribution in [3.8, 4) is 11.5 Å². The Hall–Kier alpha value is -2.76. The van der Waals surface area contributed by atoms with Gasteiger partial charge >= 0.3 is 5.63 Å². The fourth-order valence-corrected chi connectivity index (χ4v) is 3.46. The van der Waals surface area contributed by atoms with Crippen molar-refractivity contribution in [2.45, 2.75) is 58.5 Å². The van der Waals surface area contributed by atoms with Crippen LogP contribution in [0.15, 0.2) is 33.5 Å². The van der Waals surface area contributed by atoms with Crippen molar-refractivity contribution in [1.82, 2.24) is 4.90 Å². The van der Waals surface area contributed by atoms with Crippen LogP contribution in [0.25, 0.3) is 17.0 Å². The van der Waals surface area contributed by atoms with Crippen LogP contribution in [0.5, 0.6) is 11.5 Å². The fourth-order valence-electron chi connectivity index (χ4n) is 3.46. The molecule has 0 saturated carbocycles. The van der Waals surface area contributed by atoms with Crippen molar-refractivity contribution >= 4 is 23.0 Å². The van der Waals surface area contributed by atoms with Crippen LogP contribution < -0.4 is 15.1 Å². The minimum Gasteiger partial charge on any atom is -0.490 e. The summed E-state index contributed by atoms with van der Waals surface area (Å²) in [5.74, 6) is 1.29. The summed E-state index contributed by atoms with van der Waals surface area (Å²) in [5, 5.41) is 0.767. The molecule has 1 aliphatic heterocycles. The molecule has 0 bridgehead atoms. The molecule has 30 heavy (non-hydrogen) atoms. The Kier molecular flexibility index (Phi) is 6.85. The van der Waals surface area contributed by atoms with Gasteiger partial charge in [-0.2, -0.15) is 0 Å². The second kappa shape index (κ2) is 9.37. The summed E-state index contributed by atoms with van der Waals surface area (Å²) in [6, 6.07) is 4.94. The smallest absolute Gasteiger partial charge is 0.336 e. The zero-order valence-corrected chi connectivity index (χ0v) is 18.3. The Bertz CT molecular complexity index is 989. The highest BCUT2D eigenvalue weighted by Crippen LogP contribution is 2.43. The average molecular weight is 414 g/mol. The van der Waals surface area contributed by atoms with E-state index in [1.165, 1.54) is 6.07 Å². The van der Waals surface area contributed by atoms with Crippen LogP contribution in [0.4, 0.5) is 0 Å². The number of ether oxygens (including phenoxy) is 2. The molecule has 6 nitrogen and oxygen atoms in total. The number of rotatable bonds is 9. The maximum absolute atomic E-state index is 12.3. The number of hydrogen-bond donors (Lipinski definition) is 0. The monoisotopic (exact) mass is 413 g/mol. The molecule has 1 aliphatic rings. The highest BCUT2D eigenvalue weighted by Gasteiger charge is 2.27. The maximum Gasteiger partial charge on any atom is 0.336 e. The molecule has 0 N–H and O–H groups in total. The van der Waals surface area contributed by atoms with E-state index in [2.05, 4.69) is 6.92 Å². The number of benzene rings is 1. The lowest BCUT2D eigenvalue weighted by atomic mass is 10.00. The van der Waals surface area contributed by atoms with Crippen LogP contribution in [-0.4, -0.2) is 36.6 Å². The first-order chi connectivity index (χ1) is 14.3. The molecule has 0 fully saturated rings. The molecule has 6 heteroatoms. The van der Waals surface area contributed by atoms with E-state index in [0.717, 1.165) is 31.2 Å². The van der Waals surface area contributed by atoms with E-state index in [0.29, 0.717) is 42.1 Å². The van der Waals surface area contributed by atoms with Crippen LogP contribution in [0, 0.1) is 0 Å². The molecule has 2 aromatic rings. The van der Waals surface area contributed by atoms with Crippen LogP contribution in [0.1, 0.15) is 58.4 Å². The molecule has 162 valence electrons. The predicted octanol–water partition coefficient (Wildman–Crippen LogP) is 4.78. The Morgan fingerprint density at radius 3 is 2.77 bits per heavy atom. The van der Waals surface area contributed by atoms with Gasteiger partial charge in [0.05, 0.1) is 12.2 Å². The van der Waals surface area contributed by atoms with Crippen LogP contribution in [0.3, 0.4) is 0 Å². The number of hydrogen-bond acceptors (Lipinski definition) is 5. The van der Waals surface area contributed by atoms with Gasteiger partial charge in [-0.25, -0.2) is 4.79 Å². The van der Waals surface area contributed by atoms with Gasteiger partial charge in [0.2, 0.25) is 5.91 Å². The summed E-state index contributed by atoms with van der Waals surface area (Å²) in [5.41, 5.74) is 0.287. The highest BCUT2D eigenvalue weighted by molar-refractivity contribution is 5.91. The standard InChI is InChI=1S/C24H31NO5/c1-5-6-7-14-25(4)20(26)9-8-15-28-19-16-17-10-11-21(27)29-22(17)18-12-13-24(2,3)30-23(18)19/h10-13,16H,5-9,14-15H2,1-4H3. The van der Waals surface area contributed by atoms with E-state index < -0.39 is 11.2 Å². The Morgan fingerprint density at radius 2 is 2.00 bits per heavy atom. The Labute approximate surface area is 177 Å². The van der Waals surface area contributed by atoms with E-state index in [-0.39, 0.29) is 5.91 Å². The van der Waals surface area contributed by atoms with Crippen molar-refractivity contribution in [3.63, 3.8) is 0 Å². The van der Waals surface area contributed by atoms with Gasteiger partial charge in [-0.05, 0) is 51.0 Å². The number of carbonyl (C=O) groups is 1.